The number of nitrogens with zero attached hydrogens (tertiary/aromatic N) is 6. The molecular formula is C18H18N6. The first-order valence-electron chi connectivity index (χ1n) is 8.49. The van der Waals surface area contributed by atoms with Gasteiger partial charge in [-0.25, -0.2) is 0 Å². The van der Waals surface area contributed by atoms with Crippen molar-refractivity contribution in [3.63, 3.8) is 0 Å². The van der Waals surface area contributed by atoms with Crippen molar-refractivity contribution in [2.45, 2.75) is 19.3 Å². The van der Waals surface area contributed by atoms with E-state index in [1.807, 2.05) is 0 Å². The van der Waals surface area contributed by atoms with E-state index in [1.165, 1.54) is 0 Å². The van der Waals surface area contributed by atoms with Crippen LogP contribution in [-0.2, 0) is 0 Å². The molecule has 0 radical (unpaired) electrons. The van der Waals surface area contributed by atoms with Gasteiger partial charge in [-0.3, -0.25) is 0 Å². The molecule has 120 valence electrons. The number of hydrogen-bond donors (Lipinski definition) is 0. The van der Waals surface area contributed by atoms with Crippen LogP contribution in [0.15, 0.2) is 0 Å². The van der Waals surface area contributed by atoms with Crippen LogP contribution in [0.4, 0.5) is 17.1 Å². The molecule has 0 N–H and O–H groups in total. The Hall–Kier alpha value is -2.91. The zero-order chi connectivity index (χ0) is 16.7. The van der Waals surface area contributed by atoms with Crippen molar-refractivity contribution in [2.75, 3.05) is 54.0 Å². The summed E-state index contributed by atoms with van der Waals surface area (Å²) >= 11 is 0. The first-order chi connectivity index (χ1) is 11.8. The van der Waals surface area contributed by atoms with E-state index in [0.717, 1.165) is 75.6 Å². The summed E-state index contributed by atoms with van der Waals surface area (Å²) in [6, 6.07) is 6.93. The summed E-state index contributed by atoms with van der Waals surface area (Å²) in [6.45, 7) is 5.22. The Kier molecular flexibility index (Phi) is 3.44. The molecule has 1 aromatic carbocycles. The Labute approximate surface area is 141 Å². The maximum Gasteiger partial charge on any atom is 0.104 e. The molecule has 3 aliphatic heterocycles. The fourth-order valence-corrected chi connectivity index (χ4v) is 3.60. The molecule has 6 heteroatoms. The van der Waals surface area contributed by atoms with Gasteiger partial charge in [0.1, 0.15) is 34.9 Å². The summed E-state index contributed by atoms with van der Waals surface area (Å²) in [6.07, 6.45) is 3.23. The van der Waals surface area contributed by atoms with Crippen molar-refractivity contribution in [2.24, 2.45) is 0 Å². The average molecular weight is 318 g/mol. The van der Waals surface area contributed by atoms with Gasteiger partial charge in [-0.15, -0.1) is 0 Å². The Morgan fingerprint density at radius 2 is 0.750 bits per heavy atom. The molecule has 3 fully saturated rings. The number of anilines is 3. The van der Waals surface area contributed by atoms with Gasteiger partial charge < -0.3 is 14.7 Å². The summed E-state index contributed by atoms with van der Waals surface area (Å²) in [5.41, 5.74) is 3.75. The molecule has 4 rings (SSSR count). The molecule has 3 aliphatic rings. The summed E-state index contributed by atoms with van der Waals surface area (Å²) in [5, 5.41) is 29.5. The van der Waals surface area contributed by atoms with E-state index in [2.05, 4.69) is 32.9 Å². The fraction of sp³-hybridized carbons (Fsp3) is 0.500. The van der Waals surface area contributed by atoms with Crippen LogP contribution in [0.5, 0.6) is 0 Å². The van der Waals surface area contributed by atoms with Crippen LogP contribution >= 0.6 is 0 Å². The third-order valence-electron chi connectivity index (χ3n) is 5.27. The first-order valence-corrected chi connectivity index (χ1v) is 8.49. The third-order valence-corrected chi connectivity index (χ3v) is 5.27. The summed E-state index contributed by atoms with van der Waals surface area (Å²) < 4.78 is 0. The maximum atomic E-state index is 9.84. The van der Waals surface area contributed by atoms with Crippen LogP contribution in [0, 0.1) is 34.0 Å². The van der Waals surface area contributed by atoms with E-state index in [-0.39, 0.29) is 0 Å². The molecule has 0 spiro atoms. The SMILES string of the molecule is N#Cc1c(N2CCC2)c(C#N)c(N2CCC2)c(C#N)c1N1CCC1. The van der Waals surface area contributed by atoms with Crippen LogP contribution in [0.1, 0.15) is 36.0 Å². The van der Waals surface area contributed by atoms with Crippen molar-refractivity contribution in [3.8, 4) is 18.2 Å². The lowest BCUT2D eigenvalue weighted by atomic mass is 9.92. The van der Waals surface area contributed by atoms with Gasteiger partial charge in [0, 0.05) is 39.3 Å². The van der Waals surface area contributed by atoms with E-state index >= 15 is 0 Å². The highest BCUT2D eigenvalue weighted by Crippen LogP contribution is 2.46. The minimum Gasteiger partial charge on any atom is -0.369 e. The second-order valence-electron chi connectivity index (χ2n) is 6.53. The van der Waals surface area contributed by atoms with Crippen LogP contribution in [-0.4, -0.2) is 39.3 Å². The molecule has 0 aromatic heterocycles. The smallest absolute Gasteiger partial charge is 0.104 e. The van der Waals surface area contributed by atoms with Gasteiger partial charge >= 0.3 is 0 Å². The van der Waals surface area contributed by atoms with E-state index in [0.29, 0.717) is 16.7 Å². The van der Waals surface area contributed by atoms with Crippen molar-refractivity contribution < 1.29 is 0 Å². The van der Waals surface area contributed by atoms with E-state index in [4.69, 9.17) is 0 Å². The Morgan fingerprint density at radius 1 is 0.500 bits per heavy atom. The van der Waals surface area contributed by atoms with Gasteiger partial charge in [-0.1, -0.05) is 0 Å². The second kappa shape index (κ2) is 5.62. The Morgan fingerprint density at radius 3 is 0.875 bits per heavy atom. The molecule has 6 nitrogen and oxygen atoms in total. The summed E-state index contributed by atoms with van der Waals surface area (Å²) in [5.74, 6) is 0. The molecule has 0 atom stereocenters. The minimum absolute atomic E-state index is 0.506. The van der Waals surface area contributed by atoms with Gasteiger partial charge in [0.15, 0.2) is 0 Å². The monoisotopic (exact) mass is 318 g/mol. The molecule has 3 saturated heterocycles. The van der Waals surface area contributed by atoms with Crippen molar-refractivity contribution >= 4 is 17.1 Å². The zero-order valence-electron chi connectivity index (χ0n) is 13.5. The highest BCUT2D eigenvalue weighted by atomic mass is 15.2. The summed E-state index contributed by atoms with van der Waals surface area (Å²) in [7, 11) is 0. The molecule has 0 unspecified atom stereocenters. The fourth-order valence-electron chi connectivity index (χ4n) is 3.60. The van der Waals surface area contributed by atoms with Crippen molar-refractivity contribution in [3.05, 3.63) is 16.7 Å². The van der Waals surface area contributed by atoms with E-state index in [9.17, 15) is 15.8 Å². The highest BCUT2D eigenvalue weighted by molar-refractivity contribution is 5.92. The molecule has 24 heavy (non-hydrogen) atoms. The molecular weight excluding hydrogens is 300 g/mol. The molecule has 0 aliphatic carbocycles. The maximum absolute atomic E-state index is 9.84. The average Bonchev–Trinajstić information content (AvgIpc) is 2.42. The van der Waals surface area contributed by atoms with E-state index < -0.39 is 0 Å². The molecule has 0 bridgehead atoms. The lowest BCUT2D eigenvalue weighted by Crippen LogP contribution is -2.43. The molecule has 1 aromatic rings. The van der Waals surface area contributed by atoms with Gasteiger partial charge in [-0.05, 0) is 19.3 Å². The number of hydrogen-bond acceptors (Lipinski definition) is 6. The topological polar surface area (TPSA) is 81.1 Å². The third kappa shape index (κ3) is 1.92. The van der Waals surface area contributed by atoms with Crippen molar-refractivity contribution in [1.82, 2.24) is 0 Å². The van der Waals surface area contributed by atoms with Crippen LogP contribution < -0.4 is 14.7 Å². The first kappa shape index (κ1) is 14.7. The Balaban J connectivity index is 2.04. The second-order valence-corrected chi connectivity index (χ2v) is 6.53. The van der Waals surface area contributed by atoms with Crippen molar-refractivity contribution in [1.29, 1.82) is 15.8 Å². The lowest BCUT2D eigenvalue weighted by Gasteiger charge is -2.42. The van der Waals surface area contributed by atoms with Gasteiger partial charge in [0.05, 0.1) is 17.1 Å². The normalized spacial score (nSPS) is 18.6. The van der Waals surface area contributed by atoms with Crippen LogP contribution in [0.2, 0.25) is 0 Å². The predicted octanol–water partition coefficient (Wildman–Crippen LogP) is 1.93. The minimum atomic E-state index is 0.506. The lowest BCUT2D eigenvalue weighted by molar-refractivity contribution is 0.599. The quantitative estimate of drug-likeness (QED) is 0.847. The van der Waals surface area contributed by atoms with Gasteiger partial charge in [-0.2, -0.15) is 15.8 Å². The number of rotatable bonds is 3. The number of nitriles is 3. The standard InChI is InChI=1S/C18H18N6/c19-10-13-16(22-4-1-5-22)14(11-20)18(24-8-3-9-24)15(12-21)17(13)23-6-2-7-23/h1-9H2. The predicted molar refractivity (Wildman–Crippen MR) is 91.1 cm³/mol. The largest absolute Gasteiger partial charge is 0.369 e. The van der Waals surface area contributed by atoms with Gasteiger partial charge in [0.25, 0.3) is 0 Å². The summed E-state index contributed by atoms with van der Waals surface area (Å²) in [4.78, 5) is 6.35. The van der Waals surface area contributed by atoms with Crippen LogP contribution in [0.25, 0.3) is 0 Å². The molecule has 0 amide bonds. The van der Waals surface area contributed by atoms with Crippen LogP contribution in [0.3, 0.4) is 0 Å². The number of benzene rings is 1. The molecule has 3 heterocycles. The zero-order valence-corrected chi connectivity index (χ0v) is 13.5. The van der Waals surface area contributed by atoms with E-state index in [1.54, 1.807) is 0 Å². The Bertz CT molecular complexity index is 679. The highest BCUT2D eigenvalue weighted by Gasteiger charge is 2.35. The van der Waals surface area contributed by atoms with Gasteiger partial charge in [0.2, 0.25) is 0 Å². The molecule has 0 saturated carbocycles.